The van der Waals surface area contributed by atoms with Crippen molar-refractivity contribution in [3.05, 3.63) is 70.2 Å². The van der Waals surface area contributed by atoms with Crippen LogP contribution in [0.1, 0.15) is 55.7 Å². The first-order chi connectivity index (χ1) is 14.4. The maximum atomic E-state index is 13.3. The van der Waals surface area contributed by atoms with Crippen LogP contribution >= 0.6 is 11.6 Å². The molecule has 0 radical (unpaired) electrons. The zero-order valence-corrected chi connectivity index (χ0v) is 18.6. The second kappa shape index (κ2) is 10.6. The van der Waals surface area contributed by atoms with Gasteiger partial charge >= 0.3 is 0 Å². The summed E-state index contributed by atoms with van der Waals surface area (Å²) < 4.78 is 0. The van der Waals surface area contributed by atoms with E-state index in [0.29, 0.717) is 11.6 Å². The topological polar surface area (TPSA) is 49.4 Å². The minimum Gasteiger partial charge on any atom is -0.352 e. The van der Waals surface area contributed by atoms with Gasteiger partial charge in [0.25, 0.3) is 0 Å². The van der Waals surface area contributed by atoms with E-state index in [1.807, 2.05) is 62.4 Å². The molecule has 1 N–H and O–H groups in total. The molecule has 0 aromatic heterocycles. The van der Waals surface area contributed by atoms with Crippen molar-refractivity contribution in [1.29, 1.82) is 0 Å². The van der Waals surface area contributed by atoms with Gasteiger partial charge in [0.15, 0.2) is 0 Å². The van der Waals surface area contributed by atoms with E-state index >= 15 is 0 Å². The fourth-order valence-corrected chi connectivity index (χ4v) is 4.29. The Labute approximate surface area is 184 Å². The zero-order valence-electron chi connectivity index (χ0n) is 17.9. The second-order valence-corrected chi connectivity index (χ2v) is 8.77. The van der Waals surface area contributed by atoms with Crippen LogP contribution in [0.2, 0.25) is 5.02 Å². The Balaban J connectivity index is 1.76. The quantitative estimate of drug-likeness (QED) is 0.672. The number of carbonyl (C=O) groups excluding carboxylic acids is 2. The smallest absolute Gasteiger partial charge is 0.242 e. The summed E-state index contributed by atoms with van der Waals surface area (Å²) in [5.74, 6) is -0.145. The zero-order chi connectivity index (χ0) is 21.5. The third kappa shape index (κ3) is 6.33. The second-order valence-electron chi connectivity index (χ2n) is 8.34. The van der Waals surface area contributed by atoms with Gasteiger partial charge in [-0.2, -0.15) is 0 Å². The number of nitrogens with zero attached hydrogens (tertiary/aromatic N) is 1. The van der Waals surface area contributed by atoms with Gasteiger partial charge in [-0.1, -0.05) is 72.8 Å². The lowest BCUT2D eigenvalue weighted by atomic mass is 9.95. The standard InChI is InChI=1S/C25H31ClN2O2/c1-18-8-6-9-20(14-18)16-24(29)28(17-21-10-7-11-22(26)15-21)19(2)25(30)27-23-12-4-3-5-13-23/h6-11,14-15,19,23H,3-5,12-13,16-17H2,1-2H3,(H,27,30)/t19-/m0/s1. The van der Waals surface area contributed by atoms with E-state index in [0.717, 1.165) is 42.4 Å². The SMILES string of the molecule is Cc1cccc(CC(=O)N(Cc2cccc(Cl)c2)[C@@H](C)C(=O)NC2CCCCC2)c1. The van der Waals surface area contributed by atoms with Gasteiger partial charge < -0.3 is 10.2 Å². The van der Waals surface area contributed by atoms with Crippen LogP contribution in [0, 0.1) is 6.92 Å². The Morgan fingerprint density at radius 2 is 1.77 bits per heavy atom. The highest BCUT2D eigenvalue weighted by atomic mass is 35.5. The summed E-state index contributed by atoms with van der Waals surface area (Å²) in [5.41, 5.74) is 2.98. The maximum absolute atomic E-state index is 13.3. The number of amides is 2. The van der Waals surface area contributed by atoms with Gasteiger partial charge in [-0.15, -0.1) is 0 Å². The molecule has 160 valence electrons. The number of nitrogens with one attached hydrogen (secondary N) is 1. The molecule has 30 heavy (non-hydrogen) atoms. The van der Waals surface area contributed by atoms with Crippen LogP contribution < -0.4 is 5.32 Å². The molecule has 0 saturated heterocycles. The number of rotatable bonds is 7. The summed E-state index contributed by atoms with van der Waals surface area (Å²) in [6.45, 7) is 4.18. The Kier molecular flexibility index (Phi) is 7.92. The molecule has 1 aliphatic rings. The van der Waals surface area contributed by atoms with Crippen molar-refractivity contribution < 1.29 is 9.59 Å². The van der Waals surface area contributed by atoms with Crippen molar-refractivity contribution in [2.75, 3.05) is 0 Å². The van der Waals surface area contributed by atoms with Crippen molar-refractivity contribution in [2.24, 2.45) is 0 Å². The lowest BCUT2D eigenvalue weighted by molar-refractivity contribution is -0.140. The normalized spacial score (nSPS) is 15.4. The van der Waals surface area contributed by atoms with Crippen LogP contribution in [0.25, 0.3) is 0 Å². The summed E-state index contributed by atoms with van der Waals surface area (Å²) in [6.07, 6.45) is 5.84. The summed E-state index contributed by atoms with van der Waals surface area (Å²) >= 11 is 6.14. The van der Waals surface area contributed by atoms with E-state index < -0.39 is 6.04 Å². The Bertz CT molecular complexity index is 877. The van der Waals surface area contributed by atoms with Gasteiger partial charge in [-0.05, 0) is 49.9 Å². The van der Waals surface area contributed by atoms with Crippen LogP contribution in [0.3, 0.4) is 0 Å². The minimum absolute atomic E-state index is 0.0631. The van der Waals surface area contributed by atoms with Gasteiger partial charge in [0.2, 0.25) is 11.8 Å². The Morgan fingerprint density at radius 1 is 1.07 bits per heavy atom. The highest BCUT2D eigenvalue weighted by Crippen LogP contribution is 2.19. The Hall–Kier alpha value is -2.33. The van der Waals surface area contributed by atoms with Crippen LogP contribution in [0.4, 0.5) is 0 Å². The van der Waals surface area contributed by atoms with Gasteiger partial charge in [0.1, 0.15) is 6.04 Å². The maximum Gasteiger partial charge on any atom is 0.242 e. The van der Waals surface area contributed by atoms with Crippen molar-refractivity contribution in [1.82, 2.24) is 10.2 Å². The number of hydrogen-bond donors (Lipinski definition) is 1. The first-order valence-corrected chi connectivity index (χ1v) is 11.2. The highest BCUT2D eigenvalue weighted by Gasteiger charge is 2.28. The molecule has 0 heterocycles. The van der Waals surface area contributed by atoms with Gasteiger partial charge in [-0.25, -0.2) is 0 Å². The molecule has 0 spiro atoms. The van der Waals surface area contributed by atoms with Gasteiger partial charge in [-0.3, -0.25) is 9.59 Å². The molecular weight excluding hydrogens is 396 g/mol. The lowest BCUT2D eigenvalue weighted by Gasteiger charge is -2.31. The third-order valence-electron chi connectivity index (χ3n) is 5.80. The number of halogens is 1. The fourth-order valence-electron chi connectivity index (χ4n) is 4.08. The molecule has 2 aromatic rings. The van der Waals surface area contributed by atoms with Crippen molar-refractivity contribution >= 4 is 23.4 Å². The summed E-state index contributed by atoms with van der Waals surface area (Å²) in [7, 11) is 0. The lowest BCUT2D eigenvalue weighted by Crippen LogP contribution is -2.50. The van der Waals surface area contributed by atoms with Crippen LogP contribution in [0.5, 0.6) is 0 Å². The van der Waals surface area contributed by atoms with E-state index in [1.165, 1.54) is 6.42 Å². The molecule has 1 atom stereocenters. The number of benzene rings is 2. The Morgan fingerprint density at radius 3 is 2.47 bits per heavy atom. The predicted molar refractivity (Wildman–Crippen MR) is 121 cm³/mol. The molecule has 0 aliphatic heterocycles. The molecule has 4 nitrogen and oxygen atoms in total. The van der Waals surface area contributed by atoms with Crippen molar-refractivity contribution in [3.8, 4) is 0 Å². The van der Waals surface area contributed by atoms with E-state index in [4.69, 9.17) is 11.6 Å². The average molecular weight is 427 g/mol. The van der Waals surface area contributed by atoms with E-state index in [1.54, 1.807) is 4.90 Å². The van der Waals surface area contributed by atoms with Crippen molar-refractivity contribution in [3.63, 3.8) is 0 Å². The molecular formula is C25H31ClN2O2. The van der Waals surface area contributed by atoms with E-state index in [-0.39, 0.29) is 24.3 Å². The fraction of sp³-hybridized carbons (Fsp3) is 0.440. The molecule has 1 fully saturated rings. The number of aryl methyl sites for hydroxylation is 1. The molecule has 3 rings (SSSR count). The minimum atomic E-state index is -0.553. The van der Waals surface area contributed by atoms with Crippen LogP contribution in [0.15, 0.2) is 48.5 Å². The first-order valence-electron chi connectivity index (χ1n) is 10.8. The van der Waals surface area contributed by atoms with E-state index in [2.05, 4.69) is 5.32 Å². The molecule has 2 amide bonds. The molecule has 0 unspecified atom stereocenters. The molecule has 5 heteroatoms. The number of hydrogen-bond acceptors (Lipinski definition) is 2. The molecule has 1 aliphatic carbocycles. The molecule has 2 aromatic carbocycles. The average Bonchev–Trinajstić information content (AvgIpc) is 2.72. The molecule has 0 bridgehead atoms. The number of carbonyl (C=O) groups is 2. The summed E-state index contributed by atoms with van der Waals surface area (Å²) in [4.78, 5) is 27.9. The van der Waals surface area contributed by atoms with Gasteiger partial charge in [0, 0.05) is 17.6 Å². The summed E-state index contributed by atoms with van der Waals surface area (Å²) in [6, 6.07) is 15.1. The molecule has 1 saturated carbocycles. The van der Waals surface area contributed by atoms with Crippen LogP contribution in [-0.2, 0) is 22.6 Å². The van der Waals surface area contributed by atoms with Crippen LogP contribution in [-0.4, -0.2) is 28.8 Å². The van der Waals surface area contributed by atoms with E-state index in [9.17, 15) is 9.59 Å². The summed E-state index contributed by atoms with van der Waals surface area (Å²) in [5, 5.41) is 3.79. The third-order valence-corrected chi connectivity index (χ3v) is 6.03. The largest absolute Gasteiger partial charge is 0.352 e. The van der Waals surface area contributed by atoms with Crippen molar-refractivity contribution in [2.45, 2.75) is 71.0 Å². The van der Waals surface area contributed by atoms with Gasteiger partial charge in [0.05, 0.1) is 6.42 Å². The predicted octanol–water partition coefficient (Wildman–Crippen LogP) is 5.06. The monoisotopic (exact) mass is 426 g/mol. The highest BCUT2D eigenvalue weighted by molar-refractivity contribution is 6.30. The first kappa shape index (κ1) is 22.4.